The molecule has 2 aromatic rings. The van der Waals surface area contributed by atoms with Crippen LogP contribution in [0.3, 0.4) is 0 Å². The molecular formula is C13H12FNO2S. The fourth-order valence-electron chi connectivity index (χ4n) is 1.58. The normalized spacial score (nSPS) is 12.1. The van der Waals surface area contributed by atoms with Crippen molar-refractivity contribution >= 4 is 23.0 Å². The van der Waals surface area contributed by atoms with Gasteiger partial charge in [-0.15, -0.1) is 11.3 Å². The van der Waals surface area contributed by atoms with Crippen LogP contribution in [-0.2, 0) is 4.79 Å². The second-order valence-electron chi connectivity index (χ2n) is 3.87. The fourth-order valence-corrected chi connectivity index (χ4v) is 2.50. The zero-order chi connectivity index (χ0) is 13.1. The average Bonchev–Trinajstić information content (AvgIpc) is 2.74. The van der Waals surface area contributed by atoms with Gasteiger partial charge < -0.3 is 10.4 Å². The van der Waals surface area contributed by atoms with E-state index in [1.165, 1.54) is 35.6 Å². The molecule has 0 aliphatic carbocycles. The van der Waals surface area contributed by atoms with E-state index in [0.29, 0.717) is 5.69 Å². The molecule has 5 heteroatoms. The van der Waals surface area contributed by atoms with Crippen LogP contribution in [0.2, 0.25) is 0 Å². The number of rotatable bonds is 4. The number of hydrogen-bond donors (Lipinski definition) is 2. The average molecular weight is 265 g/mol. The maximum atomic E-state index is 12.8. The first-order valence-corrected chi connectivity index (χ1v) is 6.19. The lowest BCUT2D eigenvalue weighted by molar-refractivity contribution is -0.138. The topological polar surface area (TPSA) is 49.3 Å². The van der Waals surface area contributed by atoms with Crippen molar-refractivity contribution in [2.75, 3.05) is 5.32 Å². The van der Waals surface area contributed by atoms with Gasteiger partial charge in [-0.05, 0) is 43.3 Å². The predicted molar refractivity (Wildman–Crippen MR) is 69.5 cm³/mol. The van der Waals surface area contributed by atoms with Gasteiger partial charge in [-0.3, -0.25) is 0 Å². The number of nitrogens with one attached hydrogen (secondary N) is 1. The van der Waals surface area contributed by atoms with Crippen molar-refractivity contribution in [3.63, 3.8) is 0 Å². The van der Waals surface area contributed by atoms with Crippen molar-refractivity contribution in [1.29, 1.82) is 0 Å². The molecule has 0 aliphatic heterocycles. The molecule has 0 saturated heterocycles. The molecule has 94 valence electrons. The molecule has 1 atom stereocenters. The number of carbonyl (C=O) groups is 1. The lowest BCUT2D eigenvalue weighted by atomic mass is 10.2. The maximum Gasteiger partial charge on any atom is 0.331 e. The molecule has 0 radical (unpaired) electrons. The van der Waals surface area contributed by atoms with Crippen molar-refractivity contribution in [3.05, 3.63) is 52.0 Å². The van der Waals surface area contributed by atoms with Gasteiger partial charge in [-0.25, -0.2) is 9.18 Å². The van der Waals surface area contributed by atoms with Gasteiger partial charge in [-0.1, -0.05) is 0 Å². The van der Waals surface area contributed by atoms with Crippen molar-refractivity contribution in [1.82, 2.24) is 0 Å². The minimum atomic E-state index is -0.957. The van der Waals surface area contributed by atoms with E-state index in [1.807, 2.05) is 13.0 Å². The van der Waals surface area contributed by atoms with Crippen LogP contribution in [-0.4, -0.2) is 11.1 Å². The van der Waals surface area contributed by atoms with Gasteiger partial charge in [0.1, 0.15) is 5.82 Å². The minimum Gasteiger partial charge on any atom is -0.479 e. The van der Waals surface area contributed by atoms with Gasteiger partial charge in [0.2, 0.25) is 0 Å². The highest BCUT2D eigenvalue weighted by Gasteiger charge is 2.21. The van der Waals surface area contributed by atoms with Gasteiger partial charge in [0.15, 0.2) is 6.04 Å². The van der Waals surface area contributed by atoms with Crippen LogP contribution >= 0.6 is 11.3 Å². The summed E-state index contributed by atoms with van der Waals surface area (Å²) in [7, 11) is 0. The summed E-state index contributed by atoms with van der Waals surface area (Å²) in [6.07, 6.45) is 0. The number of halogens is 1. The summed E-state index contributed by atoms with van der Waals surface area (Å²) in [5, 5.41) is 12.1. The van der Waals surface area contributed by atoms with Crippen LogP contribution in [0.5, 0.6) is 0 Å². The Morgan fingerprint density at radius 2 is 1.94 bits per heavy atom. The van der Waals surface area contributed by atoms with Crippen molar-refractivity contribution in [2.45, 2.75) is 13.0 Å². The van der Waals surface area contributed by atoms with E-state index in [-0.39, 0.29) is 5.82 Å². The first-order valence-electron chi connectivity index (χ1n) is 5.37. The van der Waals surface area contributed by atoms with E-state index in [4.69, 9.17) is 0 Å². The Morgan fingerprint density at radius 1 is 1.28 bits per heavy atom. The van der Waals surface area contributed by atoms with E-state index < -0.39 is 12.0 Å². The molecule has 0 saturated carbocycles. The van der Waals surface area contributed by atoms with Gasteiger partial charge in [0.25, 0.3) is 0 Å². The number of anilines is 1. The number of aliphatic carboxylic acids is 1. The van der Waals surface area contributed by atoms with Crippen molar-refractivity contribution < 1.29 is 14.3 Å². The number of carboxylic acid groups (broad SMARTS) is 1. The third-order valence-corrected chi connectivity index (χ3v) is 3.51. The summed E-state index contributed by atoms with van der Waals surface area (Å²) in [4.78, 5) is 13.0. The van der Waals surface area contributed by atoms with Crippen LogP contribution < -0.4 is 5.32 Å². The molecule has 3 nitrogen and oxygen atoms in total. The number of aryl methyl sites for hydroxylation is 1. The van der Waals surface area contributed by atoms with Gasteiger partial charge in [0, 0.05) is 15.4 Å². The maximum absolute atomic E-state index is 12.8. The Bertz CT molecular complexity index is 550. The van der Waals surface area contributed by atoms with Crippen molar-refractivity contribution in [3.8, 4) is 0 Å². The smallest absolute Gasteiger partial charge is 0.331 e. The summed E-state index contributed by atoms with van der Waals surface area (Å²) >= 11 is 1.43. The van der Waals surface area contributed by atoms with Gasteiger partial charge in [-0.2, -0.15) is 0 Å². The lowest BCUT2D eigenvalue weighted by Gasteiger charge is -2.14. The highest BCUT2D eigenvalue weighted by Crippen LogP contribution is 2.26. The van der Waals surface area contributed by atoms with Crippen LogP contribution in [0.25, 0.3) is 0 Å². The molecule has 2 rings (SSSR count). The van der Waals surface area contributed by atoms with E-state index in [1.54, 1.807) is 6.07 Å². The predicted octanol–water partition coefficient (Wildman–Crippen LogP) is 3.43. The summed E-state index contributed by atoms with van der Waals surface area (Å²) in [5.74, 6) is -1.31. The molecule has 1 heterocycles. The monoisotopic (exact) mass is 265 g/mol. The first-order chi connectivity index (χ1) is 8.56. The number of hydrogen-bond acceptors (Lipinski definition) is 3. The molecule has 0 amide bonds. The molecule has 0 bridgehead atoms. The van der Waals surface area contributed by atoms with E-state index in [9.17, 15) is 14.3 Å². The fraction of sp³-hybridized carbons (Fsp3) is 0.154. The number of thiophene rings is 1. The molecular weight excluding hydrogens is 253 g/mol. The molecule has 1 aromatic carbocycles. The first kappa shape index (κ1) is 12.6. The molecule has 0 spiro atoms. The third-order valence-electron chi connectivity index (χ3n) is 2.45. The summed E-state index contributed by atoms with van der Waals surface area (Å²) in [5.41, 5.74) is 0.579. The largest absolute Gasteiger partial charge is 0.479 e. The molecule has 1 aromatic heterocycles. The molecule has 1 unspecified atom stereocenters. The quantitative estimate of drug-likeness (QED) is 0.890. The summed E-state index contributed by atoms with van der Waals surface area (Å²) in [6, 6.07) is 8.48. The third kappa shape index (κ3) is 2.87. The lowest BCUT2D eigenvalue weighted by Crippen LogP contribution is -2.19. The SMILES string of the molecule is Cc1ccc(C(Nc2ccc(F)cc2)C(=O)O)s1. The van der Waals surface area contributed by atoms with Gasteiger partial charge in [0.05, 0.1) is 0 Å². The van der Waals surface area contributed by atoms with Crippen LogP contribution in [0.4, 0.5) is 10.1 Å². The van der Waals surface area contributed by atoms with Crippen LogP contribution in [0, 0.1) is 12.7 Å². The Morgan fingerprint density at radius 3 is 2.44 bits per heavy atom. The standard InChI is InChI=1S/C13H12FNO2S/c1-8-2-7-11(18-8)12(13(16)17)15-10-5-3-9(14)4-6-10/h2-7,12,15H,1H3,(H,16,17). The second-order valence-corrected chi connectivity index (χ2v) is 5.19. The molecule has 18 heavy (non-hydrogen) atoms. The van der Waals surface area contributed by atoms with E-state index >= 15 is 0 Å². The highest BCUT2D eigenvalue weighted by molar-refractivity contribution is 7.12. The number of benzene rings is 1. The summed E-state index contributed by atoms with van der Waals surface area (Å²) < 4.78 is 12.8. The Labute approximate surface area is 108 Å². The Hall–Kier alpha value is -1.88. The number of carboxylic acids is 1. The van der Waals surface area contributed by atoms with E-state index in [0.717, 1.165) is 9.75 Å². The molecule has 0 fully saturated rings. The minimum absolute atomic E-state index is 0.348. The Balaban J connectivity index is 2.22. The zero-order valence-electron chi connectivity index (χ0n) is 9.68. The Kier molecular flexibility index (Phi) is 3.62. The summed E-state index contributed by atoms with van der Waals surface area (Å²) in [6.45, 7) is 1.92. The van der Waals surface area contributed by atoms with Gasteiger partial charge >= 0.3 is 5.97 Å². The zero-order valence-corrected chi connectivity index (χ0v) is 10.5. The second kappa shape index (κ2) is 5.18. The van der Waals surface area contributed by atoms with Crippen LogP contribution in [0.1, 0.15) is 15.8 Å². The highest BCUT2D eigenvalue weighted by atomic mass is 32.1. The van der Waals surface area contributed by atoms with Crippen molar-refractivity contribution in [2.24, 2.45) is 0 Å². The molecule has 2 N–H and O–H groups in total. The van der Waals surface area contributed by atoms with E-state index in [2.05, 4.69) is 5.32 Å². The van der Waals surface area contributed by atoms with Crippen LogP contribution in [0.15, 0.2) is 36.4 Å². The molecule has 0 aliphatic rings.